The van der Waals surface area contributed by atoms with Gasteiger partial charge in [0.2, 0.25) is 0 Å². The van der Waals surface area contributed by atoms with Gasteiger partial charge in [-0.3, -0.25) is 0 Å². The van der Waals surface area contributed by atoms with Crippen molar-refractivity contribution in [1.29, 1.82) is 0 Å². The van der Waals surface area contributed by atoms with E-state index in [-0.39, 0.29) is 28.8 Å². The van der Waals surface area contributed by atoms with Gasteiger partial charge in [0.25, 0.3) is 0 Å². The molecule has 0 aromatic heterocycles. The number of ether oxygens (including phenoxy) is 1. The van der Waals surface area contributed by atoms with Crippen molar-refractivity contribution in [1.82, 2.24) is 0 Å². The van der Waals surface area contributed by atoms with Crippen LogP contribution in [0.1, 0.15) is 58.6 Å². The molecule has 0 aliphatic heterocycles. The zero-order chi connectivity index (χ0) is 15.4. The minimum Gasteiger partial charge on any atom is -0.486 e. The maximum atomic E-state index is 14.2. The smallest absolute Gasteiger partial charge is 0.165 e. The highest BCUT2D eigenvalue weighted by Crippen LogP contribution is 2.66. The number of para-hydroxylation sites is 1. The monoisotopic (exact) mass is 291 g/mol. The first-order valence-corrected chi connectivity index (χ1v) is 7.98. The topological polar surface area (TPSA) is 35.2 Å². The molecule has 2 bridgehead atoms. The van der Waals surface area contributed by atoms with Gasteiger partial charge in [-0.25, -0.2) is 4.39 Å². The molecular weight excluding hydrogens is 265 g/mol. The Morgan fingerprint density at radius 1 is 1.33 bits per heavy atom. The van der Waals surface area contributed by atoms with Crippen molar-refractivity contribution in [3.8, 4) is 5.75 Å². The summed E-state index contributed by atoms with van der Waals surface area (Å²) in [5.74, 6) is 0.745. The second-order valence-corrected chi connectivity index (χ2v) is 7.66. The zero-order valence-electron chi connectivity index (χ0n) is 13.4. The fourth-order valence-corrected chi connectivity index (χ4v) is 4.46. The van der Waals surface area contributed by atoms with Gasteiger partial charge in [0, 0.05) is 17.0 Å². The number of nitrogens with two attached hydrogens (primary N) is 1. The Morgan fingerprint density at radius 2 is 2.05 bits per heavy atom. The lowest BCUT2D eigenvalue weighted by atomic mass is 9.70. The number of hydrogen-bond donors (Lipinski definition) is 1. The van der Waals surface area contributed by atoms with Gasteiger partial charge in [-0.1, -0.05) is 32.9 Å². The fraction of sp³-hybridized carbons (Fsp3) is 0.667. The number of rotatable bonds is 3. The molecule has 0 radical (unpaired) electrons. The Balaban J connectivity index is 1.93. The Labute approximate surface area is 126 Å². The molecule has 1 aromatic carbocycles. The van der Waals surface area contributed by atoms with Crippen LogP contribution in [0.2, 0.25) is 0 Å². The van der Waals surface area contributed by atoms with Crippen LogP contribution < -0.4 is 10.5 Å². The van der Waals surface area contributed by atoms with Gasteiger partial charge in [0.05, 0.1) is 0 Å². The summed E-state index contributed by atoms with van der Waals surface area (Å²) in [6.07, 6.45) is 3.54. The van der Waals surface area contributed by atoms with E-state index in [4.69, 9.17) is 10.5 Å². The summed E-state index contributed by atoms with van der Waals surface area (Å²) < 4.78 is 20.5. The van der Waals surface area contributed by atoms with E-state index in [1.807, 2.05) is 13.0 Å². The largest absolute Gasteiger partial charge is 0.486 e. The summed E-state index contributed by atoms with van der Waals surface area (Å²) in [6, 6.07) is 4.80. The van der Waals surface area contributed by atoms with Crippen molar-refractivity contribution < 1.29 is 9.13 Å². The minimum atomic E-state index is -0.297. The van der Waals surface area contributed by atoms with E-state index in [0.29, 0.717) is 11.7 Å². The van der Waals surface area contributed by atoms with Crippen LogP contribution in [0.15, 0.2) is 18.2 Å². The second kappa shape index (κ2) is 4.70. The van der Waals surface area contributed by atoms with E-state index in [2.05, 4.69) is 20.8 Å². The van der Waals surface area contributed by atoms with Gasteiger partial charge in [-0.2, -0.15) is 0 Å². The first kappa shape index (κ1) is 14.8. The highest BCUT2D eigenvalue weighted by Gasteiger charge is 2.62. The van der Waals surface area contributed by atoms with E-state index < -0.39 is 0 Å². The van der Waals surface area contributed by atoms with Crippen LogP contribution in [-0.4, -0.2) is 6.10 Å². The van der Waals surface area contributed by atoms with Gasteiger partial charge in [-0.05, 0) is 43.6 Å². The number of fused-ring (bicyclic) bond motifs is 2. The van der Waals surface area contributed by atoms with Crippen LogP contribution in [0.3, 0.4) is 0 Å². The van der Waals surface area contributed by atoms with Gasteiger partial charge in [0.1, 0.15) is 6.10 Å². The summed E-state index contributed by atoms with van der Waals surface area (Å²) in [5.41, 5.74) is 7.12. The van der Waals surface area contributed by atoms with Crippen molar-refractivity contribution in [2.45, 2.75) is 59.1 Å². The molecule has 116 valence electrons. The summed E-state index contributed by atoms with van der Waals surface area (Å²) in [6.45, 7) is 8.84. The van der Waals surface area contributed by atoms with Crippen LogP contribution in [0.5, 0.6) is 5.75 Å². The Bertz CT molecular complexity index is 554. The maximum Gasteiger partial charge on any atom is 0.165 e. The number of halogens is 1. The Kier molecular flexibility index (Phi) is 3.32. The lowest BCUT2D eigenvalue weighted by Gasteiger charge is -2.39. The molecule has 2 fully saturated rings. The molecule has 0 amide bonds. The molecule has 3 unspecified atom stereocenters. The standard InChI is InChI=1S/C18H26FNO/c1-11(20)13-6-5-7-14(19)16(13)21-15-10-12-8-9-18(15,4)17(12,2)3/h5-7,11-12,15H,8-10,20H2,1-4H3/t11-,12?,15?,18?/m1/s1. The maximum absolute atomic E-state index is 14.2. The molecule has 3 rings (SSSR count). The van der Waals surface area contributed by atoms with E-state index in [0.717, 1.165) is 18.4 Å². The molecular formula is C18H26FNO. The first-order chi connectivity index (χ1) is 9.77. The van der Waals surface area contributed by atoms with Gasteiger partial charge in [-0.15, -0.1) is 0 Å². The molecule has 2 nitrogen and oxygen atoms in total. The number of benzene rings is 1. The SMILES string of the molecule is C[C@@H](N)c1cccc(F)c1OC1CC2CCC1(C)C2(C)C. The Hall–Kier alpha value is -1.09. The van der Waals surface area contributed by atoms with Crippen LogP contribution >= 0.6 is 0 Å². The third-order valence-corrected chi connectivity index (χ3v) is 6.46. The molecule has 3 heteroatoms. The van der Waals surface area contributed by atoms with Crippen molar-refractivity contribution in [3.63, 3.8) is 0 Å². The third kappa shape index (κ3) is 2.01. The molecule has 2 N–H and O–H groups in total. The molecule has 2 aliphatic rings. The quantitative estimate of drug-likeness (QED) is 0.893. The summed E-state index contributed by atoms with van der Waals surface area (Å²) in [4.78, 5) is 0. The lowest BCUT2D eigenvalue weighted by Crippen LogP contribution is -2.39. The van der Waals surface area contributed by atoms with Gasteiger partial charge >= 0.3 is 0 Å². The molecule has 0 saturated heterocycles. The molecule has 2 aliphatic carbocycles. The molecule has 0 heterocycles. The van der Waals surface area contributed by atoms with Gasteiger partial charge in [0.15, 0.2) is 11.6 Å². The normalized spacial score (nSPS) is 35.0. The highest BCUT2D eigenvalue weighted by atomic mass is 19.1. The number of hydrogen-bond acceptors (Lipinski definition) is 2. The fourth-order valence-electron chi connectivity index (χ4n) is 4.46. The Morgan fingerprint density at radius 3 is 2.57 bits per heavy atom. The van der Waals surface area contributed by atoms with Crippen LogP contribution in [0.4, 0.5) is 4.39 Å². The lowest BCUT2D eigenvalue weighted by molar-refractivity contribution is 0.0270. The van der Waals surface area contributed by atoms with Crippen molar-refractivity contribution in [2.24, 2.45) is 22.5 Å². The van der Waals surface area contributed by atoms with E-state index in [1.54, 1.807) is 6.07 Å². The third-order valence-electron chi connectivity index (χ3n) is 6.46. The van der Waals surface area contributed by atoms with Crippen molar-refractivity contribution >= 4 is 0 Å². The van der Waals surface area contributed by atoms with Gasteiger partial charge < -0.3 is 10.5 Å². The van der Waals surface area contributed by atoms with Crippen LogP contribution in [0.25, 0.3) is 0 Å². The van der Waals surface area contributed by atoms with E-state index in [1.165, 1.54) is 12.5 Å². The molecule has 1 aromatic rings. The first-order valence-electron chi connectivity index (χ1n) is 7.98. The summed E-state index contributed by atoms with van der Waals surface area (Å²) in [7, 11) is 0. The average Bonchev–Trinajstić information content (AvgIpc) is 2.73. The van der Waals surface area contributed by atoms with E-state index >= 15 is 0 Å². The van der Waals surface area contributed by atoms with Crippen molar-refractivity contribution in [2.75, 3.05) is 0 Å². The summed E-state index contributed by atoms with van der Waals surface area (Å²) >= 11 is 0. The van der Waals surface area contributed by atoms with Crippen LogP contribution in [-0.2, 0) is 0 Å². The predicted molar refractivity (Wildman–Crippen MR) is 82.6 cm³/mol. The molecule has 21 heavy (non-hydrogen) atoms. The predicted octanol–water partition coefficient (Wildman–Crippen LogP) is 4.44. The van der Waals surface area contributed by atoms with E-state index in [9.17, 15) is 4.39 Å². The molecule has 4 atom stereocenters. The van der Waals surface area contributed by atoms with Crippen LogP contribution in [0, 0.1) is 22.6 Å². The highest BCUT2D eigenvalue weighted by molar-refractivity contribution is 5.37. The zero-order valence-corrected chi connectivity index (χ0v) is 13.4. The molecule has 2 saturated carbocycles. The minimum absolute atomic E-state index is 0.0839. The average molecular weight is 291 g/mol. The van der Waals surface area contributed by atoms with Crippen molar-refractivity contribution in [3.05, 3.63) is 29.6 Å². The summed E-state index contributed by atoms with van der Waals surface area (Å²) in [5, 5.41) is 0. The molecule has 0 spiro atoms. The second-order valence-electron chi connectivity index (χ2n) is 7.66.